The van der Waals surface area contributed by atoms with Gasteiger partial charge in [0.2, 0.25) is 10.4 Å². The molecule has 1 heterocycles. The number of aromatic nitrogens is 2. The van der Waals surface area contributed by atoms with Gasteiger partial charge in [0, 0.05) is 0 Å². The number of aromatic amines is 1. The number of H-pyrrole nitrogens is 1. The number of ether oxygens (including phenoxy) is 1. The van der Waals surface area contributed by atoms with Crippen molar-refractivity contribution < 1.29 is 31.9 Å². The van der Waals surface area contributed by atoms with Crippen LogP contribution in [0.2, 0.25) is 0 Å². The summed E-state index contributed by atoms with van der Waals surface area (Å²) in [5, 5.41) is 8.44. The molecule has 0 spiro atoms. The maximum absolute atomic E-state index is 8.63. The molecule has 9 heteroatoms. The highest BCUT2D eigenvalue weighted by molar-refractivity contribution is 7.79. The second kappa shape index (κ2) is 8.14. The predicted molar refractivity (Wildman–Crippen MR) is 55.9 cm³/mol. The molecule has 0 unspecified atom stereocenters. The molecule has 0 aliphatic rings. The van der Waals surface area contributed by atoms with Crippen LogP contribution in [0, 0.1) is 0 Å². The van der Waals surface area contributed by atoms with Gasteiger partial charge in [-0.1, -0.05) is 0 Å². The van der Waals surface area contributed by atoms with Gasteiger partial charge in [0.25, 0.3) is 5.82 Å². The quantitative estimate of drug-likeness (QED) is 0.255. The third-order valence-corrected chi connectivity index (χ3v) is 1.69. The molecule has 0 saturated carbocycles. The number of rotatable bonds is 5. The lowest BCUT2D eigenvalue weighted by Gasteiger charge is -1.98. The summed E-state index contributed by atoms with van der Waals surface area (Å²) in [6.07, 6.45) is 4.70. The van der Waals surface area contributed by atoms with Crippen molar-refractivity contribution in [2.75, 3.05) is 19.8 Å². The highest BCUT2D eigenvalue weighted by Crippen LogP contribution is 1.87. The summed E-state index contributed by atoms with van der Waals surface area (Å²) in [5.74, 6) is 1.13. The smallest absolute Gasteiger partial charge is 0.256 e. The normalized spacial score (nSPS) is 10.8. The van der Waals surface area contributed by atoms with Gasteiger partial charge in [-0.25, -0.2) is 18.0 Å². The molecule has 1 aromatic rings. The lowest BCUT2D eigenvalue weighted by atomic mass is 10.4. The van der Waals surface area contributed by atoms with Crippen LogP contribution < -0.4 is 4.57 Å². The molecule has 17 heavy (non-hydrogen) atoms. The van der Waals surface area contributed by atoms with Gasteiger partial charge in [0.15, 0.2) is 0 Å². The fourth-order valence-electron chi connectivity index (χ4n) is 1.02. The van der Waals surface area contributed by atoms with Crippen molar-refractivity contribution in [1.29, 1.82) is 0 Å². The number of aliphatic hydroxyl groups is 1. The lowest BCUT2D eigenvalue weighted by Crippen LogP contribution is -2.31. The SMILES string of the molecule is C[n+]1cc[nH]c1CCOCCO.O=S(=O)([O-])O. The Kier molecular flexibility index (Phi) is 7.66. The molecule has 0 atom stereocenters. The van der Waals surface area contributed by atoms with Gasteiger partial charge >= 0.3 is 0 Å². The summed E-state index contributed by atoms with van der Waals surface area (Å²) < 4.78 is 40.0. The highest BCUT2D eigenvalue weighted by Gasteiger charge is 2.04. The molecule has 0 aliphatic carbocycles. The number of hydrogen-bond donors (Lipinski definition) is 3. The van der Waals surface area contributed by atoms with E-state index in [0.717, 1.165) is 12.2 Å². The van der Waals surface area contributed by atoms with Crippen molar-refractivity contribution in [3.63, 3.8) is 0 Å². The molecule has 100 valence electrons. The zero-order chi connectivity index (χ0) is 13.3. The van der Waals surface area contributed by atoms with E-state index in [1.807, 2.05) is 24.0 Å². The highest BCUT2D eigenvalue weighted by atomic mass is 32.3. The van der Waals surface area contributed by atoms with Crippen LogP contribution in [0.5, 0.6) is 0 Å². The number of hydrogen-bond acceptors (Lipinski definition) is 5. The fraction of sp³-hybridized carbons (Fsp3) is 0.625. The van der Waals surface area contributed by atoms with Crippen molar-refractivity contribution in [1.82, 2.24) is 4.98 Å². The summed E-state index contributed by atoms with van der Waals surface area (Å²) in [5.41, 5.74) is 0. The van der Waals surface area contributed by atoms with E-state index in [2.05, 4.69) is 4.98 Å². The topological polar surface area (TPSA) is 127 Å². The molecule has 0 saturated heterocycles. The number of nitrogens with zero attached hydrogens (tertiary/aromatic N) is 1. The van der Waals surface area contributed by atoms with Crippen LogP contribution >= 0.6 is 0 Å². The molecule has 1 aromatic heterocycles. The summed E-state index contributed by atoms with van der Waals surface area (Å²) in [4.78, 5) is 3.10. The largest absolute Gasteiger partial charge is 0.726 e. The Bertz CT molecular complexity index is 394. The Morgan fingerprint density at radius 3 is 2.53 bits per heavy atom. The minimum absolute atomic E-state index is 0.0941. The molecular weight excluding hydrogens is 252 g/mol. The maximum Gasteiger partial charge on any atom is 0.256 e. The van der Waals surface area contributed by atoms with Gasteiger partial charge in [-0.05, 0) is 0 Å². The molecule has 0 aromatic carbocycles. The molecule has 0 radical (unpaired) electrons. The fourth-order valence-corrected chi connectivity index (χ4v) is 1.02. The minimum atomic E-state index is -4.92. The van der Waals surface area contributed by atoms with E-state index in [-0.39, 0.29) is 6.61 Å². The lowest BCUT2D eigenvalue weighted by molar-refractivity contribution is -0.677. The summed E-state index contributed by atoms with van der Waals surface area (Å²) >= 11 is 0. The molecule has 8 nitrogen and oxygen atoms in total. The number of nitrogens with one attached hydrogen (secondary N) is 1. The summed E-state index contributed by atoms with van der Waals surface area (Å²) in [6, 6.07) is 0. The number of aryl methyl sites for hydroxylation is 1. The Morgan fingerprint density at radius 1 is 1.53 bits per heavy atom. The standard InChI is InChI=1S/C8H14N2O2.H2O4S/c1-10-4-3-9-8(10)2-6-12-7-5-11;1-5(2,3)4/h3-4,11H,2,5-7H2,1H3;(H2,1,2,3,4). The summed E-state index contributed by atoms with van der Waals surface area (Å²) in [7, 11) is -2.93. The van der Waals surface area contributed by atoms with Crippen LogP contribution in [0.1, 0.15) is 5.82 Å². The van der Waals surface area contributed by atoms with E-state index in [9.17, 15) is 0 Å². The van der Waals surface area contributed by atoms with Crippen LogP contribution in [-0.4, -0.2) is 47.4 Å². The van der Waals surface area contributed by atoms with Gasteiger partial charge in [0.1, 0.15) is 12.4 Å². The number of imidazole rings is 1. The van der Waals surface area contributed by atoms with Crippen molar-refractivity contribution >= 4 is 10.4 Å². The first kappa shape index (κ1) is 16.0. The van der Waals surface area contributed by atoms with Gasteiger partial charge in [0.05, 0.1) is 33.3 Å². The van der Waals surface area contributed by atoms with E-state index in [1.54, 1.807) is 0 Å². The first-order chi connectivity index (χ1) is 7.84. The molecule has 0 fully saturated rings. The van der Waals surface area contributed by atoms with Crippen molar-refractivity contribution in [3.8, 4) is 0 Å². The Labute approximate surface area is 99.4 Å². The first-order valence-corrected chi connectivity index (χ1v) is 6.10. The second-order valence-corrected chi connectivity index (χ2v) is 3.89. The van der Waals surface area contributed by atoms with Crippen molar-refractivity contribution in [2.45, 2.75) is 6.42 Å². The zero-order valence-electron chi connectivity index (χ0n) is 9.37. The molecular formula is C8H16N2O6S. The Morgan fingerprint density at radius 2 is 2.12 bits per heavy atom. The first-order valence-electron chi connectivity index (χ1n) is 4.73. The van der Waals surface area contributed by atoms with Gasteiger partial charge in [-0.3, -0.25) is 4.55 Å². The summed E-state index contributed by atoms with van der Waals surface area (Å²) in [6.45, 7) is 1.16. The second-order valence-electron chi connectivity index (χ2n) is 3.03. The van der Waals surface area contributed by atoms with Crippen LogP contribution in [0.25, 0.3) is 0 Å². The minimum Gasteiger partial charge on any atom is -0.726 e. The Hall–Kier alpha value is -1.00. The average molecular weight is 268 g/mol. The van der Waals surface area contributed by atoms with E-state index < -0.39 is 10.4 Å². The van der Waals surface area contributed by atoms with E-state index in [4.69, 9.17) is 27.4 Å². The number of aliphatic hydroxyl groups excluding tert-OH is 1. The monoisotopic (exact) mass is 268 g/mol. The zero-order valence-corrected chi connectivity index (χ0v) is 10.2. The van der Waals surface area contributed by atoms with Crippen molar-refractivity contribution in [3.05, 3.63) is 18.2 Å². The van der Waals surface area contributed by atoms with Crippen LogP contribution in [0.15, 0.2) is 12.4 Å². The predicted octanol–water partition coefficient (Wildman–Crippen LogP) is -1.60. The average Bonchev–Trinajstić information content (AvgIpc) is 2.57. The third-order valence-electron chi connectivity index (χ3n) is 1.69. The van der Waals surface area contributed by atoms with Gasteiger partial charge in [-0.2, -0.15) is 0 Å². The molecule has 0 bridgehead atoms. The van der Waals surface area contributed by atoms with Crippen molar-refractivity contribution in [2.24, 2.45) is 7.05 Å². The Balaban J connectivity index is 0.000000437. The molecule has 1 rings (SSSR count). The van der Waals surface area contributed by atoms with Gasteiger partial charge < -0.3 is 14.4 Å². The molecule has 3 N–H and O–H groups in total. The van der Waals surface area contributed by atoms with E-state index >= 15 is 0 Å². The third kappa shape index (κ3) is 11.3. The molecule has 0 aliphatic heterocycles. The van der Waals surface area contributed by atoms with Crippen LogP contribution in [0.3, 0.4) is 0 Å². The molecule has 0 amide bonds. The maximum atomic E-state index is 8.63. The van der Waals surface area contributed by atoms with Crippen LogP contribution in [-0.2, 0) is 28.6 Å². The van der Waals surface area contributed by atoms with E-state index in [1.165, 1.54) is 0 Å². The van der Waals surface area contributed by atoms with Crippen LogP contribution in [0.4, 0.5) is 0 Å². The van der Waals surface area contributed by atoms with Gasteiger partial charge in [-0.15, -0.1) is 0 Å². The van der Waals surface area contributed by atoms with E-state index in [0.29, 0.717) is 13.2 Å².